The highest BCUT2D eigenvalue weighted by Crippen LogP contribution is 2.34. The van der Waals surface area contributed by atoms with E-state index in [4.69, 9.17) is 27.2 Å². The number of aliphatic hydroxyl groups excluding tert-OH is 1. The molecule has 0 radical (unpaired) electrons. The third-order valence-corrected chi connectivity index (χ3v) is 2.44. The molecule has 1 unspecified atom stereocenters. The van der Waals surface area contributed by atoms with Gasteiger partial charge in [0.05, 0.1) is 12.1 Å². The van der Waals surface area contributed by atoms with Gasteiger partial charge < -0.3 is 20.7 Å². The largest absolute Gasteiger partial charge is 0.508 e. The van der Waals surface area contributed by atoms with E-state index in [2.05, 4.69) is 0 Å². The van der Waals surface area contributed by atoms with Crippen molar-refractivity contribution in [2.24, 2.45) is 5.73 Å². The van der Waals surface area contributed by atoms with Crippen molar-refractivity contribution in [3.8, 4) is 11.5 Å². The van der Waals surface area contributed by atoms with Crippen molar-refractivity contribution >= 4 is 11.6 Å². The topological polar surface area (TPSA) is 75.7 Å². The summed E-state index contributed by atoms with van der Waals surface area (Å²) in [6.07, 6.45) is 0.373. The Balaban J connectivity index is 3.06. The number of halogens is 1. The Morgan fingerprint density at radius 1 is 1.53 bits per heavy atom. The van der Waals surface area contributed by atoms with E-state index in [1.807, 2.05) is 0 Å². The molecule has 1 atom stereocenters. The number of nitrogens with two attached hydrogens (primary N) is 1. The minimum Gasteiger partial charge on any atom is -0.508 e. The van der Waals surface area contributed by atoms with E-state index >= 15 is 0 Å². The summed E-state index contributed by atoms with van der Waals surface area (Å²) in [5.41, 5.74) is 6.28. The first-order valence-electron chi connectivity index (χ1n) is 4.53. The van der Waals surface area contributed by atoms with Crippen molar-refractivity contribution in [3.63, 3.8) is 0 Å². The van der Waals surface area contributed by atoms with Crippen LogP contribution in [0.3, 0.4) is 0 Å². The Bertz CT molecular complexity index is 344. The van der Waals surface area contributed by atoms with Crippen LogP contribution in [-0.4, -0.2) is 23.9 Å². The van der Waals surface area contributed by atoms with Crippen molar-refractivity contribution < 1.29 is 14.9 Å². The molecule has 0 spiro atoms. The fourth-order valence-corrected chi connectivity index (χ4v) is 1.54. The summed E-state index contributed by atoms with van der Waals surface area (Å²) in [6, 6.07) is 2.53. The summed E-state index contributed by atoms with van der Waals surface area (Å²) in [7, 11) is 1.49. The smallest absolute Gasteiger partial charge is 0.138 e. The number of phenolic OH excluding ortho intramolecular Hbond substituents is 1. The lowest BCUT2D eigenvalue weighted by Gasteiger charge is -2.14. The Morgan fingerprint density at radius 2 is 2.20 bits per heavy atom. The number of aromatic hydroxyl groups is 1. The predicted molar refractivity (Wildman–Crippen MR) is 58.3 cm³/mol. The lowest BCUT2D eigenvalue weighted by atomic mass is 10.0. The Hall–Kier alpha value is -0.970. The van der Waals surface area contributed by atoms with E-state index in [0.717, 1.165) is 0 Å². The van der Waals surface area contributed by atoms with Crippen LogP contribution in [0.1, 0.15) is 18.0 Å². The normalized spacial score (nSPS) is 12.5. The summed E-state index contributed by atoms with van der Waals surface area (Å²) in [5, 5.41) is 18.7. The molecule has 0 aliphatic heterocycles. The van der Waals surface area contributed by atoms with Crippen LogP contribution in [0.15, 0.2) is 12.1 Å². The molecule has 4 N–H and O–H groups in total. The van der Waals surface area contributed by atoms with Crippen molar-refractivity contribution in [1.82, 2.24) is 0 Å². The fraction of sp³-hybridized carbons (Fsp3) is 0.400. The van der Waals surface area contributed by atoms with Gasteiger partial charge in [-0.15, -0.1) is 0 Å². The molecule has 5 heteroatoms. The SMILES string of the molecule is COc1cc(C(N)CCO)c(O)cc1Cl. The van der Waals surface area contributed by atoms with Crippen molar-refractivity contribution in [3.05, 3.63) is 22.7 Å². The molecule has 0 amide bonds. The summed E-state index contributed by atoms with van der Waals surface area (Å²) in [5.74, 6) is 0.472. The number of benzene rings is 1. The lowest BCUT2D eigenvalue weighted by molar-refractivity contribution is 0.275. The van der Waals surface area contributed by atoms with Gasteiger partial charge in [0.15, 0.2) is 0 Å². The van der Waals surface area contributed by atoms with Crippen LogP contribution < -0.4 is 10.5 Å². The number of rotatable bonds is 4. The van der Waals surface area contributed by atoms with Crippen LogP contribution in [-0.2, 0) is 0 Å². The molecular formula is C10H14ClNO3. The Labute approximate surface area is 93.2 Å². The van der Waals surface area contributed by atoms with Gasteiger partial charge in [-0.2, -0.15) is 0 Å². The predicted octanol–water partition coefficient (Wildman–Crippen LogP) is 1.44. The van der Waals surface area contributed by atoms with Crippen LogP contribution in [0, 0.1) is 0 Å². The lowest BCUT2D eigenvalue weighted by Crippen LogP contribution is -2.12. The molecule has 1 rings (SSSR count). The second-order valence-corrected chi connectivity index (χ2v) is 3.57. The molecule has 0 aliphatic carbocycles. The van der Waals surface area contributed by atoms with Crippen LogP contribution in [0.4, 0.5) is 0 Å². The molecule has 0 aliphatic rings. The molecule has 0 heterocycles. The molecule has 15 heavy (non-hydrogen) atoms. The van der Waals surface area contributed by atoms with Gasteiger partial charge in [0.25, 0.3) is 0 Å². The minimum atomic E-state index is -0.429. The van der Waals surface area contributed by atoms with Gasteiger partial charge in [0, 0.05) is 24.3 Å². The minimum absolute atomic E-state index is 0.0155. The van der Waals surface area contributed by atoms with E-state index in [1.165, 1.54) is 13.2 Å². The molecule has 84 valence electrons. The zero-order chi connectivity index (χ0) is 11.4. The molecule has 0 fully saturated rings. The highest BCUT2D eigenvalue weighted by molar-refractivity contribution is 6.32. The maximum absolute atomic E-state index is 9.61. The van der Waals surface area contributed by atoms with Crippen LogP contribution in [0.5, 0.6) is 11.5 Å². The molecule has 1 aromatic rings. The quantitative estimate of drug-likeness (QED) is 0.733. The fourth-order valence-electron chi connectivity index (χ4n) is 1.31. The number of aliphatic hydroxyl groups is 1. The standard InChI is InChI=1S/C10H14ClNO3/c1-15-10-4-6(8(12)2-3-13)9(14)5-7(10)11/h4-5,8,13-14H,2-3,12H2,1H3. The number of methoxy groups -OCH3 is 1. The third-order valence-electron chi connectivity index (χ3n) is 2.14. The first kappa shape index (κ1) is 12.1. The van der Waals surface area contributed by atoms with Crippen molar-refractivity contribution in [2.45, 2.75) is 12.5 Å². The highest BCUT2D eigenvalue weighted by atomic mass is 35.5. The molecule has 0 bridgehead atoms. The summed E-state index contributed by atoms with van der Waals surface area (Å²) >= 11 is 5.81. The highest BCUT2D eigenvalue weighted by Gasteiger charge is 2.14. The van der Waals surface area contributed by atoms with Crippen LogP contribution in [0.25, 0.3) is 0 Å². The van der Waals surface area contributed by atoms with E-state index < -0.39 is 6.04 Å². The Morgan fingerprint density at radius 3 is 2.73 bits per heavy atom. The van der Waals surface area contributed by atoms with Gasteiger partial charge in [-0.25, -0.2) is 0 Å². The van der Waals surface area contributed by atoms with E-state index in [0.29, 0.717) is 22.8 Å². The summed E-state index contributed by atoms with van der Waals surface area (Å²) < 4.78 is 5.01. The first-order valence-corrected chi connectivity index (χ1v) is 4.90. The number of hydrogen-bond acceptors (Lipinski definition) is 4. The molecule has 0 saturated heterocycles. The van der Waals surface area contributed by atoms with Gasteiger partial charge in [-0.3, -0.25) is 0 Å². The second-order valence-electron chi connectivity index (χ2n) is 3.16. The Kier molecular flexibility index (Phi) is 4.20. The van der Waals surface area contributed by atoms with E-state index in [1.54, 1.807) is 6.07 Å². The van der Waals surface area contributed by atoms with Crippen LogP contribution in [0.2, 0.25) is 5.02 Å². The second kappa shape index (κ2) is 5.21. The first-order chi connectivity index (χ1) is 7.10. The van der Waals surface area contributed by atoms with Gasteiger partial charge in [-0.05, 0) is 12.5 Å². The average molecular weight is 232 g/mol. The maximum atomic E-state index is 9.61. The molecule has 0 saturated carbocycles. The monoisotopic (exact) mass is 231 g/mol. The maximum Gasteiger partial charge on any atom is 0.138 e. The molecular weight excluding hydrogens is 218 g/mol. The molecule has 4 nitrogen and oxygen atoms in total. The van der Waals surface area contributed by atoms with Gasteiger partial charge >= 0.3 is 0 Å². The molecule has 0 aromatic heterocycles. The van der Waals surface area contributed by atoms with E-state index in [-0.39, 0.29) is 12.4 Å². The zero-order valence-electron chi connectivity index (χ0n) is 8.40. The van der Waals surface area contributed by atoms with Gasteiger partial charge in [0.1, 0.15) is 11.5 Å². The number of hydrogen-bond donors (Lipinski definition) is 3. The average Bonchev–Trinajstić information content (AvgIpc) is 2.18. The third kappa shape index (κ3) is 2.75. The van der Waals surface area contributed by atoms with Crippen molar-refractivity contribution in [2.75, 3.05) is 13.7 Å². The zero-order valence-corrected chi connectivity index (χ0v) is 9.16. The summed E-state index contributed by atoms with van der Waals surface area (Å²) in [6.45, 7) is -0.0362. The van der Waals surface area contributed by atoms with Crippen LogP contribution >= 0.6 is 11.6 Å². The number of phenols is 1. The van der Waals surface area contributed by atoms with E-state index in [9.17, 15) is 5.11 Å². The summed E-state index contributed by atoms with van der Waals surface area (Å²) in [4.78, 5) is 0. The van der Waals surface area contributed by atoms with Crippen molar-refractivity contribution in [1.29, 1.82) is 0 Å². The number of ether oxygens (including phenoxy) is 1. The molecule has 1 aromatic carbocycles. The van der Waals surface area contributed by atoms with Gasteiger partial charge in [0.2, 0.25) is 0 Å². The van der Waals surface area contributed by atoms with Gasteiger partial charge in [-0.1, -0.05) is 11.6 Å².